The topological polar surface area (TPSA) is 0 Å². The summed E-state index contributed by atoms with van der Waals surface area (Å²) in [7, 11) is 0. The van der Waals surface area contributed by atoms with Crippen LogP contribution in [-0.2, 0) is 6.42 Å². The molecule has 0 aromatic heterocycles. The molecule has 117 valence electrons. The minimum Gasteiger partial charge on any atom is -0.0761 e. The van der Waals surface area contributed by atoms with Crippen molar-refractivity contribution in [3.8, 4) is 0 Å². The first-order chi connectivity index (χ1) is 10.4. The molecule has 0 bridgehead atoms. The van der Waals surface area contributed by atoms with E-state index in [-0.39, 0.29) is 0 Å². The standard InChI is InChI=1S/C21H33/c1-3-5-7-8-9-10-11-13-15-21-18-16-20(17-19-21)14-12-6-4-2/h12,16-19H,3-11,13,15H2,1-2H3. The van der Waals surface area contributed by atoms with Crippen LogP contribution in [-0.4, -0.2) is 0 Å². The molecule has 1 aromatic carbocycles. The molecule has 0 saturated heterocycles. The van der Waals surface area contributed by atoms with E-state index < -0.39 is 0 Å². The van der Waals surface area contributed by atoms with Crippen molar-refractivity contribution in [2.24, 2.45) is 0 Å². The Balaban J connectivity index is 2.09. The molecule has 0 heterocycles. The Morgan fingerprint density at radius 2 is 1.38 bits per heavy atom. The van der Waals surface area contributed by atoms with Crippen molar-refractivity contribution in [2.45, 2.75) is 84.5 Å². The van der Waals surface area contributed by atoms with Gasteiger partial charge < -0.3 is 0 Å². The molecule has 0 atom stereocenters. The second-order valence-electron chi connectivity index (χ2n) is 6.06. The molecule has 1 aromatic rings. The van der Waals surface area contributed by atoms with E-state index in [0.717, 1.165) is 6.42 Å². The van der Waals surface area contributed by atoms with Gasteiger partial charge in [0.15, 0.2) is 0 Å². The number of hydrogen-bond acceptors (Lipinski definition) is 0. The van der Waals surface area contributed by atoms with Gasteiger partial charge >= 0.3 is 0 Å². The summed E-state index contributed by atoms with van der Waals surface area (Å²) in [5.74, 6) is 0. The third kappa shape index (κ3) is 9.50. The average Bonchev–Trinajstić information content (AvgIpc) is 2.52. The fourth-order valence-electron chi connectivity index (χ4n) is 2.57. The largest absolute Gasteiger partial charge is 0.0761 e. The van der Waals surface area contributed by atoms with Crippen molar-refractivity contribution >= 4 is 0 Å². The number of rotatable bonds is 12. The molecule has 0 spiro atoms. The van der Waals surface area contributed by atoms with Crippen LogP contribution in [0.3, 0.4) is 0 Å². The van der Waals surface area contributed by atoms with E-state index in [1.807, 2.05) is 0 Å². The lowest BCUT2D eigenvalue weighted by Gasteiger charge is -2.03. The van der Waals surface area contributed by atoms with E-state index in [2.05, 4.69) is 50.3 Å². The maximum absolute atomic E-state index is 3.35. The van der Waals surface area contributed by atoms with Crippen molar-refractivity contribution in [1.29, 1.82) is 0 Å². The smallest absolute Gasteiger partial charge is 0.0149 e. The first-order valence-electron chi connectivity index (χ1n) is 9.04. The van der Waals surface area contributed by atoms with Crippen molar-refractivity contribution in [2.75, 3.05) is 0 Å². The highest BCUT2D eigenvalue weighted by Crippen LogP contribution is 2.12. The van der Waals surface area contributed by atoms with E-state index in [1.165, 1.54) is 75.3 Å². The molecular formula is C21H33. The van der Waals surface area contributed by atoms with Crippen molar-refractivity contribution < 1.29 is 0 Å². The van der Waals surface area contributed by atoms with E-state index in [1.54, 1.807) is 0 Å². The molecule has 0 nitrogen and oxygen atoms in total. The Labute approximate surface area is 132 Å². The highest BCUT2D eigenvalue weighted by atomic mass is 14.0. The van der Waals surface area contributed by atoms with Crippen LogP contribution in [0.4, 0.5) is 0 Å². The van der Waals surface area contributed by atoms with Gasteiger partial charge in [-0.25, -0.2) is 0 Å². The van der Waals surface area contributed by atoms with Crippen molar-refractivity contribution in [3.63, 3.8) is 0 Å². The zero-order valence-electron chi connectivity index (χ0n) is 14.2. The van der Waals surface area contributed by atoms with Gasteiger partial charge in [0, 0.05) is 0 Å². The van der Waals surface area contributed by atoms with Gasteiger partial charge in [0.2, 0.25) is 0 Å². The predicted molar refractivity (Wildman–Crippen MR) is 94.6 cm³/mol. The lowest BCUT2D eigenvalue weighted by Crippen LogP contribution is -1.87. The summed E-state index contributed by atoms with van der Waals surface area (Å²) in [4.78, 5) is 0. The Bertz CT molecular complexity index is 358. The van der Waals surface area contributed by atoms with Gasteiger partial charge in [-0.2, -0.15) is 0 Å². The molecule has 0 aliphatic carbocycles. The summed E-state index contributed by atoms with van der Waals surface area (Å²) >= 11 is 0. The molecule has 0 N–H and O–H groups in total. The minimum atomic E-state index is 1.13. The molecule has 0 aliphatic heterocycles. The third-order valence-corrected chi connectivity index (χ3v) is 3.97. The number of allylic oxidation sites excluding steroid dienone is 1. The molecule has 1 radical (unpaired) electrons. The summed E-state index contributed by atoms with van der Waals surface area (Å²) in [5, 5.41) is 0. The van der Waals surface area contributed by atoms with E-state index in [0.29, 0.717) is 0 Å². The summed E-state index contributed by atoms with van der Waals surface area (Å²) in [6, 6.07) is 8.94. The zero-order chi connectivity index (χ0) is 15.2. The van der Waals surface area contributed by atoms with E-state index in [9.17, 15) is 0 Å². The van der Waals surface area contributed by atoms with Crippen LogP contribution in [0.15, 0.2) is 30.3 Å². The van der Waals surface area contributed by atoms with E-state index in [4.69, 9.17) is 0 Å². The molecule has 0 aliphatic rings. The monoisotopic (exact) mass is 285 g/mol. The van der Waals surface area contributed by atoms with Crippen LogP contribution in [0.5, 0.6) is 0 Å². The molecule has 0 amide bonds. The number of benzene rings is 1. The SMILES string of the molecule is CCC/C=[C]\c1ccc(CCCCCCCCCC)cc1. The van der Waals surface area contributed by atoms with Crippen LogP contribution >= 0.6 is 0 Å². The normalized spacial score (nSPS) is 11.3. The van der Waals surface area contributed by atoms with Gasteiger partial charge in [-0.1, -0.05) is 95.6 Å². The Hall–Kier alpha value is -1.04. The lowest BCUT2D eigenvalue weighted by molar-refractivity contribution is 0.575. The average molecular weight is 285 g/mol. The number of aryl methyl sites for hydroxylation is 1. The first-order valence-corrected chi connectivity index (χ1v) is 9.04. The van der Waals surface area contributed by atoms with Crippen LogP contribution in [0.25, 0.3) is 0 Å². The number of hydrogen-bond donors (Lipinski definition) is 0. The van der Waals surface area contributed by atoms with Gasteiger partial charge in [0.05, 0.1) is 0 Å². The van der Waals surface area contributed by atoms with Crippen LogP contribution < -0.4 is 0 Å². The van der Waals surface area contributed by atoms with E-state index >= 15 is 0 Å². The molecule has 0 fully saturated rings. The summed E-state index contributed by atoms with van der Waals surface area (Å²) < 4.78 is 0. The summed E-state index contributed by atoms with van der Waals surface area (Å²) in [5.41, 5.74) is 2.69. The minimum absolute atomic E-state index is 1.13. The summed E-state index contributed by atoms with van der Waals surface area (Å²) in [6.07, 6.45) is 20.2. The Morgan fingerprint density at radius 1 is 0.762 bits per heavy atom. The second kappa shape index (κ2) is 12.7. The predicted octanol–water partition coefficient (Wildman–Crippen LogP) is 6.88. The molecule has 0 saturated carbocycles. The van der Waals surface area contributed by atoms with Gasteiger partial charge in [0.1, 0.15) is 0 Å². The van der Waals surface area contributed by atoms with Crippen LogP contribution in [0.1, 0.15) is 89.2 Å². The molecule has 1 rings (SSSR count). The zero-order valence-corrected chi connectivity index (χ0v) is 14.2. The molecular weight excluding hydrogens is 252 g/mol. The van der Waals surface area contributed by atoms with Crippen LogP contribution in [0.2, 0.25) is 0 Å². The van der Waals surface area contributed by atoms with Crippen LogP contribution in [0, 0.1) is 6.08 Å². The number of unbranched alkanes of at least 4 members (excludes halogenated alkanes) is 8. The fraction of sp³-hybridized carbons (Fsp3) is 0.619. The van der Waals surface area contributed by atoms with Gasteiger partial charge in [-0.3, -0.25) is 0 Å². The highest BCUT2D eigenvalue weighted by molar-refractivity contribution is 5.27. The quantitative estimate of drug-likeness (QED) is 0.367. The lowest BCUT2D eigenvalue weighted by atomic mass is 10.0. The third-order valence-electron chi connectivity index (χ3n) is 3.97. The molecule has 0 unspecified atom stereocenters. The fourth-order valence-corrected chi connectivity index (χ4v) is 2.57. The Morgan fingerprint density at radius 3 is 2.00 bits per heavy atom. The van der Waals surface area contributed by atoms with Gasteiger partial charge in [0.25, 0.3) is 0 Å². The maximum atomic E-state index is 3.35. The summed E-state index contributed by atoms with van der Waals surface area (Å²) in [6.45, 7) is 4.48. The molecule has 21 heavy (non-hydrogen) atoms. The maximum Gasteiger partial charge on any atom is -0.0149 e. The first kappa shape index (κ1) is 18.0. The van der Waals surface area contributed by atoms with Gasteiger partial charge in [-0.15, -0.1) is 0 Å². The molecule has 0 heteroatoms. The Kier molecular flexibility index (Phi) is 10.9. The van der Waals surface area contributed by atoms with Gasteiger partial charge in [-0.05, 0) is 36.5 Å². The second-order valence-corrected chi connectivity index (χ2v) is 6.06. The highest BCUT2D eigenvalue weighted by Gasteiger charge is 1.95. The van der Waals surface area contributed by atoms with Crippen molar-refractivity contribution in [3.05, 3.63) is 47.5 Å². The van der Waals surface area contributed by atoms with Crippen molar-refractivity contribution in [1.82, 2.24) is 0 Å².